The van der Waals surface area contributed by atoms with Gasteiger partial charge in [0.2, 0.25) is 0 Å². The number of nitriles is 1. The van der Waals surface area contributed by atoms with E-state index in [2.05, 4.69) is 16.3 Å². The van der Waals surface area contributed by atoms with E-state index in [4.69, 9.17) is 23.2 Å². The van der Waals surface area contributed by atoms with Gasteiger partial charge >= 0.3 is 0 Å². The quantitative estimate of drug-likeness (QED) is 0.818. The van der Waals surface area contributed by atoms with Gasteiger partial charge in [-0.2, -0.15) is 5.26 Å². The number of piperidine rings is 1. The number of hydrogen-bond donors (Lipinski definition) is 1. The van der Waals surface area contributed by atoms with Crippen LogP contribution in [0.4, 0.5) is 0 Å². The fraction of sp³-hybridized carbons (Fsp3) is 0.389. The molecule has 1 aromatic carbocycles. The van der Waals surface area contributed by atoms with Crippen molar-refractivity contribution in [1.29, 1.82) is 5.26 Å². The number of halogens is 2. The first-order valence-corrected chi connectivity index (χ1v) is 8.67. The van der Waals surface area contributed by atoms with Crippen molar-refractivity contribution in [1.82, 2.24) is 10.2 Å². The van der Waals surface area contributed by atoms with Gasteiger partial charge in [0.15, 0.2) is 0 Å². The van der Waals surface area contributed by atoms with Gasteiger partial charge in [-0.1, -0.05) is 29.3 Å². The molecule has 118 valence electrons. The molecule has 1 N–H and O–H groups in total. The number of hydrogen-bond acceptors (Lipinski definition) is 3. The van der Waals surface area contributed by atoms with E-state index < -0.39 is 0 Å². The number of nitrogens with zero attached hydrogens (tertiary/aromatic N) is 2. The number of rotatable bonds is 1. The molecule has 1 aromatic rings. The lowest BCUT2D eigenvalue weighted by atomic mass is 9.76. The Kier molecular flexibility index (Phi) is 3.55. The second-order valence-electron chi connectivity index (χ2n) is 6.43. The summed E-state index contributed by atoms with van der Waals surface area (Å²) in [5, 5.41) is 14.5. The summed E-state index contributed by atoms with van der Waals surface area (Å²) >= 11 is 12.5. The minimum atomic E-state index is -0.0934. The first-order valence-electron chi connectivity index (χ1n) is 7.92. The summed E-state index contributed by atoms with van der Waals surface area (Å²) in [5.41, 5.74) is 5.18. The molecular formula is C18H17Cl2N3. The van der Waals surface area contributed by atoms with E-state index in [1.807, 2.05) is 19.1 Å². The van der Waals surface area contributed by atoms with Crippen molar-refractivity contribution in [3.8, 4) is 6.07 Å². The molecule has 0 unspecified atom stereocenters. The molecule has 0 amide bonds. The highest BCUT2D eigenvalue weighted by Crippen LogP contribution is 2.48. The smallest absolute Gasteiger partial charge is 0.0976 e. The summed E-state index contributed by atoms with van der Waals surface area (Å²) in [6.07, 6.45) is 2.37. The summed E-state index contributed by atoms with van der Waals surface area (Å²) < 4.78 is 0. The molecule has 0 radical (unpaired) electrons. The summed E-state index contributed by atoms with van der Waals surface area (Å²) in [4.78, 5) is 2.42. The van der Waals surface area contributed by atoms with Crippen molar-refractivity contribution in [2.45, 2.75) is 25.7 Å². The molecule has 23 heavy (non-hydrogen) atoms. The summed E-state index contributed by atoms with van der Waals surface area (Å²) in [7, 11) is 0. The second-order valence-corrected chi connectivity index (χ2v) is 7.28. The Morgan fingerprint density at radius 1 is 1.26 bits per heavy atom. The highest BCUT2D eigenvalue weighted by atomic mass is 35.5. The first kappa shape index (κ1) is 14.9. The molecule has 1 saturated heterocycles. The van der Waals surface area contributed by atoms with E-state index in [-0.39, 0.29) is 5.92 Å². The van der Waals surface area contributed by atoms with Crippen molar-refractivity contribution in [2.24, 2.45) is 5.92 Å². The Morgan fingerprint density at radius 3 is 2.65 bits per heavy atom. The fourth-order valence-corrected chi connectivity index (χ4v) is 4.62. The van der Waals surface area contributed by atoms with Crippen LogP contribution in [-0.4, -0.2) is 18.0 Å². The Hall–Kier alpha value is -1.63. The number of fused-ring (bicyclic) bond motifs is 2. The van der Waals surface area contributed by atoms with Crippen LogP contribution >= 0.6 is 23.2 Å². The lowest BCUT2D eigenvalue weighted by molar-refractivity contribution is 0.187. The minimum absolute atomic E-state index is 0.0934. The molecule has 1 atom stereocenters. The van der Waals surface area contributed by atoms with Crippen LogP contribution in [0.3, 0.4) is 0 Å². The molecule has 3 nitrogen and oxygen atoms in total. The van der Waals surface area contributed by atoms with Crippen LogP contribution in [0.25, 0.3) is 0 Å². The third-order valence-corrected chi connectivity index (χ3v) is 5.76. The van der Waals surface area contributed by atoms with Gasteiger partial charge in [-0.05, 0) is 37.5 Å². The monoisotopic (exact) mass is 345 g/mol. The summed E-state index contributed by atoms with van der Waals surface area (Å²) in [6.45, 7) is 4.10. The van der Waals surface area contributed by atoms with E-state index in [0.29, 0.717) is 16.0 Å². The maximum absolute atomic E-state index is 9.74. The molecule has 4 aliphatic rings. The van der Waals surface area contributed by atoms with Crippen LogP contribution in [0.2, 0.25) is 10.0 Å². The van der Waals surface area contributed by atoms with Crippen molar-refractivity contribution in [2.75, 3.05) is 13.1 Å². The van der Waals surface area contributed by atoms with Crippen molar-refractivity contribution < 1.29 is 0 Å². The molecule has 0 aliphatic carbocycles. The van der Waals surface area contributed by atoms with Crippen molar-refractivity contribution >= 4 is 23.2 Å². The molecule has 0 saturated carbocycles. The molecule has 2 bridgehead atoms. The standard InChI is InChI=1S/C18H17Cl2N3/c1-10-14(9-21)16(13-3-2-12(19)8-15(13)20)18-17(22-10)11-4-6-23(18)7-5-11/h2-3,8,11,16,22H,4-7H2,1H3/t16-/m1/s1. The van der Waals surface area contributed by atoms with Crippen LogP contribution in [0, 0.1) is 17.2 Å². The van der Waals surface area contributed by atoms with Gasteiger partial charge in [0.25, 0.3) is 0 Å². The number of allylic oxidation sites excluding steroid dienone is 3. The molecule has 4 aliphatic heterocycles. The third-order valence-electron chi connectivity index (χ3n) is 5.20. The summed E-state index contributed by atoms with van der Waals surface area (Å²) in [5.74, 6) is 0.475. The first-order chi connectivity index (χ1) is 11.1. The second kappa shape index (κ2) is 5.47. The maximum atomic E-state index is 9.74. The van der Waals surface area contributed by atoms with E-state index >= 15 is 0 Å². The van der Waals surface area contributed by atoms with Crippen molar-refractivity contribution in [3.63, 3.8) is 0 Å². The highest BCUT2D eigenvalue weighted by Gasteiger charge is 2.42. The van der Waals surface area contributed by atoms with Gasteiger partial charge in [0.05, 0.1) is 17.6 Å². The molecular weight excluding hydrogens is 329 g/mol. The molecule has 4 heterocycles. The third kappa shape index (κ3) is 2.24. The van der Waals surface area contributed by atoms with Crippen LogP contribution < -0.4 is 5.32 Å². The number of benzene rings is 1. The van der Waals surface area contributed by atoms with E-state index in [1.54, 1.807) is 6.07 Å². The molecule has 1 fully saturated rings. The maximum Gasteiger partial charge on any atom is 0.0976 e. The van der Waals surface area contributed by atoms with Gasteiger partial charge in [0, 0.05) is 46.1 Å². The van der Waals surface area contributed by atoms with Crippen LogP contribution in [-0.2, 0) is 0 Å². The molecule has 5 heteroatoms. The van der Waals surface area contributed by atoms with E-state index in [1.165, 1.54) is 24.2 Å². The van der Waals surface area contributed by atoms with Gasteiger partial charge in [-0.3, -0.25) is 0 Å². The Morgan fingerprint density at radius 2 is 2.00 bits per heavy atom. The fourth-order valence-electron chi connectivity index (χ4n) is 4.10. The molecule has 5 rings (SSSR count). The molecule has 0 spiro atoms. The zero-order valence-corrected chi connectivity index (χ0v) is 14.4. The number of dihydropyridines is 1. The summed E-state index contributed by atoms with van der Waals surface area (Å²) in [6, 6.07) is 7.98. The lowest BCUT2D eigenvalue weighted by Gasteiger charge is -2.49. The van der Waals surface area contributed by atoms with Crippen LogP contribution in [0.1, 0.15) is 31.2 Å². The Bertz CT molecular complexity index is 780. The van der Waals surface area contributed by atoms with E-state index in [0.717, 1.165) is 29.9 Å². The normalized spacial score (nSPS) is 23.7. The van der Waals surface area contributed by atoms with Crippen LogP contribution in [0.5, 0.6) is 0 Å². The zero-order chi connectivity index (χ0) is 16.1. The Balaban J connectivity index is 1.92. The average molecular weight is 346 g/mol. The lowest BCUT2D eigenvalue weighted by Crippen LogP contribution is -2.47. The van der Waals surface area contributed by atoms with Gasteiger partial charge in [0.1, 0.15) is 0 Å². The SMILES string of the molecule is CC1=C(C#N)[C@@H](c2ccc(Cl)cc2Cl)C2=C(N1)C1CCN2CC1. The average Bonchev–Trinajstić information content (AvgIpc) is 2.55. The van der Waals surface area contributed by atoms with Gasteiger partial charge < -0.3 is 10.2 Å². The van der Waals surface area contributed by atoms with Crippen LogP contribution in [0.15, 0.2) is 40.9 Å². The van der Waals surface area contributed by atoms with Gasteiger partial charge in [-0.15, -0.1) is 0 Å². The largest absolute Gasteiger partial charge is 0.373 e. The number of nitrogens with one attached hydrogen (secondary N) is 1. The zero-order valence-electron chi connectivity index (χ0n) is 12.9. The topological polar surface area (TPSA) is 39.1 Å². The highest BCUT2D eigenvalue weighted by molar-refractivity contribution is 6.35. The predicted octanol–water partition coefficient (Wildman–Crippen LogP) is 4.41. The Labute approximate surface area is 146 Å². The minimum Gasteiger partial charge on any atom is -0.373 e. The van der Waals surface area contributed by atoms with Crippen molar-refractivity contribution in [3.05, 3.63) is 56.5 Å². The van der Waals surface area contributed by atoms with E-state index in [9.17, 15) is 5.26 Å². The van der Waals surface area contributed by atoms with Gasteiger partial charge in [-0.25, -0.2) is 0 Å². The molecule has 0 aromatic heterocycles. The predicted molar refractivity (Wildman–Crippen MR) is 92.0 cm³/mol.